The van der Waals surface area contributed by atoms with E-state index in [1.807, 2.05) is 0 Å². The van der Waals surface area contributed by atoms with Crippen molar-refractivity contribution in [1.82, 2.24) is 28.9 Å². The fraction of sp³-hybridized carbons (Fsp3) is 0.211. The number of rotatable bonds is 16. The molecule has 0 bridgehead atoms. The molecule has 58 heavy (non-hydrogen) atoms. The Balaban J connectivity index is 1.14. The molecule has 0 atom stereocenters. The van der Waals surface area contributed by atoms with E-state index in [-0.39, 0.29) is 71.9 Å². The van der Waals surface area contributed by atoms with Gasteiger partial charge in [-0.1, -0.05) is 0 Å². The summed E-state index contributed by atoms with van der Waals surface area (Å²) < 4.78 is 6.18. The number of hydrogen-bond donors (Lipinski definition) is 10. The normalized spacial score (nSPS) is 10.7. The van der Waals surface area contributed by atoms with E-state index in [1.54, 1.807) is 62.1 Å². The quantitative estimate of drug-likeness (QED) is 0.0521. The molecule has 1 aromatic carbocycles. The molecular weight excluding hydrogens is 749 g/mol. The maximum absolute atomic E-state index is 13.1. The first-order chi connectivity index (χ1) is 27.5. The molecule has 0 radical (unpaired) electrons. The number of nitrogens with zero attached hydrogens (tertiary/aromatic N) is 4. The summed E-state index contributed by atoms with van der Waals surface area (Å²) in [6.45, 7) is 0.402. The number of nitrogens with one attached hydrogen (secondary N) is 8. The van der Waals surface area contributed by atoms with E-state index < -0.39 is 23.6 Å². The Hall–Kier alpha value is -7.90. The molecule has 0 saturated carbocycles. The Labute approximate surface area is 331 Å². The zero-order valence-electron chi connectivity index (χ0n) is 32.1. The van der Waals surface area contributed by atoms with E-state index in [4.69, 9.17) is 22.3 Å². The van der Waals surface area contributed by atoms with E-state index in [0.29, 0.717) is 34.1 Å². The highest BCUT2D eigenvalue weighted by atomic mass is 16.2. The van der Waals surface area contributed by atoms with Gasteiger partial charge in [-0.15, -0.1) is 0 Å². The summed E-state index contributed by atoms with van der Waals surface area (Å²) in [4.78, 5) is 77.4. The van der Waals surface area contributed by atoms with Gasteiger partial charge in [0, 0.05) is 90.0 Å². The third kappa shape index (κ3) is 10.2. The Bertz CT molecular complexity index is 2260. The Morgan fingerprint density at radius 3 is 1.00 bits per heavy atom. The second kappa shape index (κ2) is 17.7. The minimum Gasteiger partial charge on any atom is -0.388 e. The van der Waals surface area contributed by atoms with Crippen molar-refractivity contribution < 1.29 is 28.8 Å². The molecule has 6 amide bonds. The van der Waals surface area contributed by atoms with E-state index in [1.165, 1.54) is 57.7 Å². The maximum Gasteiger partial charge on any atom is 0.272 e. The van der Waals surface area contributed by atoms with E-state index in [9.17, 15) is 28.8 Å². The van der Waals surface area contributed by atoms with Crippen molar-refractivity contribution in [2.45, 2.75) is 12.8 Å². The molecule has 0 fully saturated rings. The molecule has 0 aliphatic heterocycles. The molecule has 4 heterocycles. The van der Waals surface area contributed by atoms with Crippen molar-refractivity contribution in [1.29, 1.82) is 10.8 Å². The van der Waals surface area contributed by atoms with Gasteiger partial charge in [0.15, 0.2) is 0 Å². The summed E-state index contributed by atoms with van der Waals surface area (Å²) in [6.07, 6.45) is 6.73. The number of anilines is 4. The van der Waals surface area contributed by atoms with Crippen LogP contribution in [0.15, 0.2) is 73.3 Å². The van der Waals surface area contributed by atoms with Crippen molar-refractivity contribution in [2.75, 3.05) is 34.4 Å². The molecule has 5 aromatic rings. The molecular formula is C38H44N14O6. The summed E-state index contributed by atoms with van der Waals surface area (Å²) in [5.74, 6) is -2.78. The van der Waals surface area contributed by atoms with Crippen molar-refractivity contribution in [3.8, 4) is 0 Å². The zero-order chi connectivity index (χ0) is 42.3. The summed E-state index contributed by atoms with van der Waals surface area (Å²) in [5.41, 5.74) is 13.7. The van der Waals surface area contributed by atoms with Crippen molar-refractivity contribution in [3.63, 3.8) is 0 Å². The first-order valence-electron chi connectivity index (χ1n) is 17.7. The van der Waals surface area contributed by atoms with Gasteiger partial charge >= 0.3 is 0 Å². The van der Waals surface area contributed by atoms with Gasteiger partial charge in [-0.05, 0) is 48.5 Å². The summed E-state index contributed by atoms with van der Waals surface area (Å²) in [5, 5.41) is 30.9. The lowest BCUT2D eigenvalue weighted by atomic mass is 10.1. The number of aryl methyl sites for hydroxylation is 4. The van der Waals surface area contributed by atoms with Crippen LogP contribution >= 0.6 is 0 Å². The van der Waals surface area contributed by atoms with Gasteiger partial charge in [-0.25, -0.2) is 0 Å². The molecule has 5 rings (SSSR count). The largest absolute Gasteiger partial charge is 0.388 e. The topological polar surface area (TPSA) is 294 Å². The van der Waals surface area contributed by atoms with Gasteiger partial charge in [0.05, 0.1) is 34.4 Å². The van der Waals surface area contributed by atoms with E-state index in [2.05, 4.69) is 31.9 Å². The van der Waals surface area contributed by atoms with Gasteiger partial charge in [0.1, 0.15) is 22.8 Å². The van der Waals surface area contributed by atoms with Gasteiger partial charge in [-0.2, -0.15) is 0 Å². The SMILES string of the molecule is Cn1cc(NC(=O)c2cc(NC(=O)c3ccc(C(=O)Nc4cc(C(=O)Nc5cc(C(=O)NCCC(=N)N)n(C)c5)n(C)c4)cc3)cn2C)cc1C(=O)NCCC(=N)N. The third-order valence-corrected chi connectivity index (χ3v) is 8.75. The predicted octanol–water partition coefficient (Wildman–Crippen LogP) is 2.16. The van der Waals surface area contributed by atoms with Gasteiger partial charge in [0.2, 0.25) is 0 Å². The molecule has 20 nitrogen and oxygen atoms in total. The highest BCUT2D eigenvalue weighted by molar-refractivity contribution is 6.10. The van der Waals surface area contributed by atoms with Gasteiger partial charge in [-0.3, -0.25) is 39.6 Å². The lowest BCUT2D eigenvalue weighted by Gasteiger charge is -2.05. The number of carbonyl (C=O) groups excluding carboxylic acids is 6. The van der Waals surface area contributed by atoms with Crippen LogP contribution in [-0.2, 0) is 28.2 Å². The molecule has 0 unspecified atom stereocenters. The van der Waals surface area contributed by atoms with Crippen LogP contribution in [0.25, 0.3) is 0 Å². The highest BCUT2D eigenvalue weighted by Gasteiger charge is 2.20. The van der Waals surface area contributed by atoms with Gasteiger partial charge < -0.3 is 61.6 Å². The summed E-state index contributed by atoms with van der Waals surface area (Å²) >= 11 is 0. The highest BCUT2D eigenvalue weighted by Crippen LogP contribution is 2.21. The van der Waals surface area contributed by atoms with Crippen LogP contribution in [0.2, 0.25) is 0 Å². The minimum absolute atomic E-state index is 0.0443. The van der Waals surface area contributed by atoms with Gasteiger partial charge in [0.25, 0.3) is 35.4 Å². The number of nitrogens with two attached hydrogens (primary N) is 2. The maximum atomic E-state index is 13.1. The number of aromatic nitrogens is 4. The lowest BCUT2D eigenvalue weighted by Crippen LogP contribution is -2.28. The first kappa shape index (κ1) is 41.3. The molecule has 4 aromatic heterocycles. The standard InChI is InChI=1S/C38H44N14O6/c1-49-19-25(13-27(49)35(55)43-11-9-31(39)40)47-37(57)29-15-23(17-51(29)3)45-33(53)21-5-7-22(8-6-21)34(54)46-24-16-30(52(4)18-24)38(58)48-26-14-28(50(2)20-26)36(56)44-12-10-32(41)42/h5-8,13-20H,9-12H2,1-4H3,(H3,39,40)(H3,41,42)(H,43,55)(H,44,56)(H,45,53)(H,46,54)(H,47,57)(H,48,58). The van der Waals surface area contributed by atoms with E-state index in [0.717, 1.165) is 0 Å². The summed E-state index contributed by atoms with van der Waals surface area (Å²) in [6, 6.07) is 11.9. The lowest BCUT2D eigenvalue weighted by molar-refractivity contribution is 0.0938. The fourth-order valence-corrected chi connectivity index (χ4v) is 5.81. The number of benzene rings is 1. The molecule has 20 heteroatoms. The second-order valence-corrected chi connectivity index (χ2v) is 13.4. The summed E-state index contributed by atoms with van der Waals surface area (Å²) in [7, 11) is 6.59. The Kier molecular flexibility index (Phi) is 12.6. The molecule has 0 aliphatic carbocycles. The van der Waals surface area contributed by atoms with Crippen LogP contribution in [0.5, 0.6) is 0 Å². The fourth-order valence-electron chi connectivity index (χ4n) is 5.81. The molecule has 12 N–H and O–H groups in total. The predicted molar refractivity (Wildman–Crippen MR) is 218 cm³/mol. The first-order valence-corrected chi connectivity index (χ1v) is 17.7. The van der Waals surface area contributed by atoms with Crippen LogP contribution in [0.1, 0.15) is 75.5 Å². The second-order valence-electron chi connectivity index (χ2n) is 13.4. The third-order valence-electron chi connectivity index (χ3n) is 8.75. The monoisotopic (exact) mass is 792 g/mol. The molecule has 302 valence electrons. The van der Waals surface area contributed by atoms with Crippen LogP contribution < -0.4 is 43.4 Å². The average Bonchev–Trinajstić information content (AvgIpc) is 3.92. The average molecular weight is 793 g/mol. The number of carbonyl (C=O) groups is 6. The van der Waals surface area contributed by atoms with Crippen molar-refractivity contribution in [3.05, 3.63) is 107 Å². The smallest absolute Gasteiger partial charge is 0.272 e. The number of amides is 6. The Morgan fingerprint density at radius 1 is 0.466 bits per heavy atom. The molecule has 0 spiro atoms. The Morgan fingerprint density at radius 2 is 0.724 bits per heavy atom. The van der Waals surface area contributed by atoms with Crippen LogP contribution in [0, 0.1) is 10.8 Å². The number of amidine groups is 2. The van der Waals surface area contributed by atoms with Crippen molar-refractivity contribution >= 4 is 69.9 Å². The number of hydrogen-bond acceptors (Lipinski definition) is 8. The molecule has 0 aliphatic rings. The zero-order valence-corrected chi connectivity index (χ0v) is 32.1. The van der Waals surface area contributed by atoms with Crippen LogP contribution in [0.4, 0.5) is 22.7 Å². The van der Waals surface area contributed by atoms with Crippen molar-refractivity contribution in [2.24, 2.45) is 39.7 Å². The molecule has 0 saturated heterocycles. The minimum atomic E-state index is -0.481. The van der Waals surface area contributed by atoms with Crippen LogP contribution in [-0.4, -0.2) is 78.5 Å². The van der Waals surface area contributed by atoms with E-state index >= 15 is 0 Å². The van der Waals surface area contributed by atoms with Crippen LogP contribution in [0.3, 0.4) is 0 Å².